The van der Waals surface area contributed by atoms with E-state index in [0.717, 1.165) is 11.3 Å². The lowest BCUT2D eigenvalue weighted by Gasteiger charge is -2.17. The fourth-order valence-corrected chi connectivity index (χ4v) is 3.23. The molecule has 6 nitrogen and oxygen atoms in total. The average molecular weight is 388 g/mol. The van der Waals surface area contributed by atoms with Crippen LogP contribution in [0.4, 0.5) is 5.82 Å². The van der Waals surface area contributed by atoms with Gasteiger partial charge in [0.05, 0.1) is 6.54 Å². The summed E-state index contributed by atoms with van der Waals surface area (Å²) in [4.78, 5) is 27.1. The van der Waals surface area contributed by atoms with E-state index >= 15 is 0 Å². The van der Waals surface area contributed by atoms with Gasteiger partial charge in [-0.3, -0.25) is 14.6 Å². The number of hydrazine groups is 1. The fourth-order valence-electron chi connectivity index (χ4n) is 2.44. The van der Waals surface area contributed by atoms with Gasteiger partial charge in [-0.1, -0.05) is 30.0 Å². The van der Waals surface area contributed by atoms with E-state index in [0.29, 0.717) is 31.1 Å². The Morgan fingerprint density at radius 3 is 2.52 bits per heavy atom. The number of Topliss-reactive ketones (excluding diaryl/α,β-unsaturated/α-hetero) is 1. The maximum Gasteiger partial charge on any atom is 0.185 e. The van der Waals surface area contributed by atoms with Crippen LogP contribution in [0.2, 0.25) is 0 Å². The maximum atomic E-state index is 11.8. The van der Waals surface area contributed by atoms with Crippen LogP contribution in [0.25, 0.3) is 0 Å². The summed E-state index contributed by atoms with van der Waals surface area (Å²) in [6.45, 7) is 4.03. The van der Waals surface area contributed by atoms with Gasteiger partial charge >= 0.3 is 0 Å². The number of anilines is 1. The van der Waals surface area contributed by atoms with Crippen LogP contribution in [0, 0.1) is 5.92 Å². The van der Waals surface area contributed by atoms with Crippen molar-refractivity contribution in [1.82, 2.24) is 4.98 Å². The largest absolute Gasteiger partial charge is 0.492 e. The van der Waals surface area contributed by atoms with E-state index in [1.807, 2.05) is 42.5 Å². The van der Waals surface area contributed by atoms with Gasteiger partial charge in [-0.15, -0.1) is 0 Å². The minimum Gasteiger partial charge on any atom is -0.492 e. The molecule has 0 spiro atoms. The fraction of sp³-hybridized carbons (Fsp3) is 0.350. The number of hydrogen-bond donors (Lipinski definition) is 1. The predicted octanol–water partition coefficient (Wildman–Crippen LogP) is 2.87. The van der Waals surface area contributed by atoms with Gasteiger partial charge in [0, 0.05) is 24.8 Å². The summed E-state index contributed by atoms with van der Waals surface area (Å²) in [6, 6.07) is 13.2. The van der Waals surface area contributed by atoms with E-state index in [1.54, 1.807) is 18.1 Å². The Labute approximate surface area is 164 Å². The molecule has 0 saturated heterocycles. The van der Waals surface area contributed by atoms with Gasteiger partial charge in [0.25, 0.3) is 0 Å². The highest BCUT2D eigenvalue weighted by Gasteiger charge is 2.16. The Morgan fingerprint density at radius 1 is 1.19 bits per heavy atom. The molecule has 1 unspecified atom stereocenters. The van der Waals surface area contributed by atoms with Crippen LogP contribution < -0.4 is 15.6 Å². The molecule has 0 amide bonds. The van der Waals surface area contributed by atoms with Gasteiger partial charge in [-0.05, 0) is 43.2 Å². The lowest BCUT2D eigenvalue weighted by molar-refractivity contribution is -0.120. The molecule has 0 fully saturated rings. The van der Waals surface area contributed by atoms with Crippen LogP contribution in [0.15, 0.2) is 48.7 Å². The first kappa shape index (κ1) is 20.9. The quantitative estimate of drug-likeness (QED) is 0.495. The number of aromatic nitrogens is 1. The zero-order chi connectivity index (χ0) is 19.6. The summed E-state index contributed by atoms with van der Waals surface area (Å²) in [5, 5.41) is 1.57. The molecule has 2 N–H and O–H groups in total. The third-order valence-corrected chi connectivity index (χ3v) is 4.99. The van der Waals surface area contributed by atoms with Crippen LogP contribution in [0.5, 0.6) is 5.75 Å². The Bertz CT molecular complexity index is 738. The molecule has 7 heteroatoms. The number of nitrogens with two attached hydrogens (primary N) is 1. The summed E-state index contributed by atoms with van der Waals surface area (Å²) >= 11 is 1.20. The smallest absolute Gasteiger partial charge is 0.185 e. The highest BCUT2D eigenvalue weighted by Crippen LogP contribution is 2.19. The van der Waals surface area contributed by atoms with Crippen molar-refractivity contribution in [2.24, 2.45) is 11.8 Å². The van der Waals surface area contributed by atoms with E-state index in [2.05, 4.69) is 4.98 Å². The Balaban J connectivity index is 1.81. The van der Waals surface area contributed by atoms with Gasteiger partial charge < -0.3 is 4.74 Å². The minimum atomic E-state index is -0.158. The highest BCUT2D eigenvalue weighted by molar-refractivity contribution is 8.13. The van der Waals surface area contributed by atoms with Crippen molar-refractivity contribution in [2.45, 2.75) is 20.3 Å². The molecule has 0 aliphatic carbocycles. The van der Waals surface area contributed by atoms with Gasteiger partial charge in [-0.25, -0.2) is 10.8 Å². The van der Waals surface area contributed by atoms with Crippen molar-refractivity contribution >= 4 is 28.5 Å². The normalized spacial score (nSPS) is 11.7. The Morgan fingerprint density at radius 2 is 1.93 bits per heavy atom. The number of rotatable bonds is 10. The van der Waals surface area contributed by atoms with E-state index in [4.69, 9.17) is 10.6 Å². The molecule has 0 saturated carbocycles. The van der Waals surface area contributed by atoms with Crippen LogP contribution in [0.3, 0.4) is 0 Å². The first-order chi connectivity index (χ1) is 13.0. The van der Waals surface area contributed by atoms with Gasteiger partial charge in [0.2, 0.25) is 0 Å². The van der Waals surface area contributed by atoms with Crippen molar-refractivity contribution in [3.05, 3.63) is 54.2 Å². The van der Waals surface area contributed by atoms with Crippen LogP contribution in [-0.2, 0) is 16.0 Å². The van der Waals surface area contributed by atoms with Crippen molar-refractivity contribution < 1.29 is 14.3 Å². The summed E-state index contributed by atoms with van der Waals surface area (Å²) in [5.41, 5.74) is 1.04. The number of ketones is 1. The number of benzene rings is 1. The number of pyridine rings is 1. The number of hydrogen-bond acceptors (Lipinski definition) is 7. The Hall–Kier alpha value is -2.38. The number of nitrogens with zero attached hydrogens (tertiary/aromatic N) is 2. The highest BCUT2D eigenvalue weighted by atomic mass is 32.2. The zero-order valence-electron chi connectivity index (χ0n) is 15.6. The summed E-state index contributed by atoms with van der Waals surface area (Å²) < 4.78 is 5.72. The predicted molar refractivity (Wildman–Crippen MR) is 109 cm³/mol. The topological polar surface area (TPSA) is 85.5 Å². The van der Waals surface area contributed by atoms with Crippen LogP contribution in [-0.4, -0.2) is 34.8 Å². The molecular formula is C20H25N3O3S. The van der Waals surface area contributed by atoms with Crippen molar-refractivity contribution in [1.29, 1.82) is 0 Å². The van der Waals surface area contributed by atoms with Crippen molar-refractivity contribution in [3.8, 4) is 5.75 Å². The number of thioether (sulfide) groups is 1. The molecule has 0 aliphatic rings. The molecule has 1 atom stereocenters. The average Bonchev–Trinajstić information content (AvgIpc) is 2.66. The standard InChI is InChI=1S/C20H25N3O3S/c1-15(24)18(14-27-16(2)25)13-17-6-8-19(9-7-17)26-12-11-23(21)20-5-3-4-10-22-20/h3-10,18H,11-14,21H2,1-2H3. The maximum absolute atomic E-state index is 11.8. The monoisotopic (exact) mass is 387 g/mol. The van der Waals surface area contributed by atoms with Gasteiger partial charge in [0.1, 0.15) is 24.0 Å². The number of carbonyl (C=O) groups is 2. The summed E-state index contributed by atoms with van der Waals surface area (Å²) in [7, 11) is 0. The third-order valence-electron chi connectivity index (χ3n) is 4.01. The van der Waals surface area contributed by atoms with E-state index in [-0.39, 0.29) is 16.8 Å². The molecule has 1 aromatic carbocycles. The molecule has 1 heterocycles. The van der Waals surface area contributed by atoms with Crippen LogP contribution >= 0.6 is 11.8 Å². The van der Waals surface area contributed by atoms with Gasteiger partial charge in [-0.2, -0.15) is 0 Å². The first-order valence-corrected chi connectivity index (χ1v) is 9.73. The van der Waals surface area contributed by atoms with E-state index in [9.17, 15) is 9.59 Å². The molecule has 2 aromatic rings. The van der Waals surface area contributed by atoms with E-state index in [1.165, 1.54) is 18.7 Å². The van der Waals surface area contributed by atoms with Crippen LogP contribution in [0.1, 0.15) is 19.4 Å². The lowest BCUT2D eigenvalue weighted by Crippen LogP contribution is -2.35. The minimum absolute atomic E-state index is 0.0321. The molecule has 0 bridgehead atoms. The summed E-state index contributed by atoms with van der Waals surface area (Å²) in [6.07, 6.45) is 2.31. The molecule has 1 aromatic heterocycles. The molecule has 144 valence electrons. The van der Waals surface area contributed by atoms with E-state index < -0.39 is 0 Å². The Kier molecular flexibility index (Phi) is 8.29. The summed E-state index contributed by atoms with van der Waals surface area (Å²) in [5.74, 6) is 7.84. The first-order valence-electron chi connectivity index (χ1n) is 8.74. The lowest BCUT2D eigenvalue weighted by atomic mass is 9.98. The van der Waals surface area contributed by atoms with Crippen molar-refractivity contribution in [3.63, 3.8) is 0 Å². The molecular weight excluding hydrogens is 362 g/mol. The molecule has 0 aliphatic heterocycles. The number of ether oxygens (including phenoxy) is 1. The zero-order valence-corrected chi connectivity index (χ0v) is 16.4. The second kappa shape index (κ2) is 10.7. The van der Waals surface area contributed by atoms with Crippen molar-refractivity contribution in [2.75, 3.05) is 23.9 Å². The molecule has 0 radical (unpaired) electrons. The number of carbonyl (C=O) groups excluding carboxylic acids is 2. The second-order valence-electron chi connectivity index (χ2n) is 6.19. The second-order valence-corrected chi connectivity index (χ2v) is 7.38. The van der Waals surface area contributed by atoms with Gasteiger partial charge in [0.15, 0.2) is 5.12 Å². The third kappa shape index (κ3) is 7.40. The SMILES string of the molecule is CC(=O)SCC(Cc1ccc(OCCN(N)c2ccccn2)cc1)C(C)=O. The molecule has 2 rings (SSSR count). The molecule has 27 heavy (non-hydrogen) atoms.